The minimum absolute atomic E-state index is 0.0827. The van der Waals surface area contributed by atoms with E-state index in [4.69, 9.17) is 9.47 Å². The number of anilines is 1. The first-order chi connectivity index (χ1) is 18.8. The van der Waals surface area contributed by atoms with Crippen molar-refractivity contribution in [2.75, 3.05) is 31.3 Å². The van der Waals surface area contributed by atoms with Gasteiger partial charge in [0.1, 0.15) is 30.5 Å². The van der Waals surface area contributed by atoms with Crippen LogP contribution < -0.4 is 15.0 Å². The van der Waals surface area contributed by atoms with E-state index in [1.165, 1.54) is 11.9 Å². The van der Waals surface area contributed by atoms with E-state index >= 15 is 0 Å². The Hall–Kier alpha value is -3.75. The smallest absolute Gasteiger partial charge is 0.254 e. The molecule has 1 amide bonds. The molecule has 1 N–H and O–H groups in total. The fourth-order valence-corrected chi connectivity index (χ4v) is 5.23. The molecule has 0 radical (unpaired) electrons. The van der Waals surface area contributed by atoms with Crippen LogP contribution in [0.15, 0.2) is 36.8 Å². The van der Waals surface area contributed by atoms with E-state index in [1.807, 2.05) is 43.9 Å². The molecule has 0 spiro atoms. The zero-order valence-electron chi connectivity index (χ0n) is 22.8. The normalized spacial score (nSPS) is 18.2. The SMILES string of the molecule is CC(C)(C)OCNC(CC#N)C(=O)N1CCc2cccc(OCC3CCCN3c3ccnc4ncnn34)c2C1. The number of fused-ring (bicyclic) bond motifs is 2. The summed E-state index contributed by atoms with van der Waals surface area (Å²) in [6.07, 6.45) is 6.18. The van der Waals surface area contributed by atoms with Crippen molar-refractivity contribution in [2.45, 2.75) is 70.7 Å². The highest BCUT2D eigenvalue weighted by molar-refractivity contribution is 5.82. The Bertz CT molecular complexity index is 1340. The van der Waals surface area contributed by atoms with Crippen LogP contribution in [0.5, 0.6) is 5.75 Å². The number of carbonyl (C=O) groups excluding carboxylic acids is 1. The van der Waals surface area contributed by atoms with Gasteiger partial charge in [0.15, 0.2) is 0 Å². The number of carbonyl (C=O) groups is 1. The Kier molecular flexibility index (Phi) is 7.95. The number of nitrogens with one attached hydrogen (secondary N) is 1. The van der Waals surface area contributed by atoms with Gasteiger partial charge in [-0.05, 0) is 57.7 Å². The molecule has 2 aliphatic heterocycles. The fourth-order valence-electron chi connectivity index (χ4n) is 5.23. The van der Waals surface area contributed by atoms with Gasteiger partial charge in [-0.25, -0.2) is 4.98 Å². The fraction of sp³-hybridized carbons (Fsp3) is 0.536. The van der Waals surface area contributed by atoms with Crippen molar-refractivity contribution in [2.24, 2.45) is 0 Å². The number of aromatic nitrogens is 4. The molecule has 2 unspecified atom stereocenters. The summed E-state index contributed by atoms with van der Waals surface area (Å²) in [5, 5.41) is 16.8. The molecule has 5 rings (SSSR count). The van der Waals surface area contributed by atoms with Gasteiger partial charge >= 0.3 is 0 Å². The van der Waals surface area contributed by atoms with E-state index < -0.39 is 6.04 Å². The number of ether oxygens (including phenoxy) is 2. The zero-order valence-corrected chi connectivity index (χ0v) is 22.8. The van der Waals surface area contributed by atoms with E-state index in [1.54, 1.807) is 10.7 Å². The summed E-state index contributed by atoms with van der Waals surface area (Å²) >= 11 is 0. The molecule has 39 heavy (non-hydrogen) atoms. The summed E-state index contributed by atoms with van der Waals surface area (Å²) in [4.78, 5) is 26.0. The number of nitriles is 1. The van der Waals surface area contributed by atoms with E-state index in [2.05, 4.69) is 37.4 Å². The second-order valence-corrected chi connectivity index (χ2v) is 11.0. The van der Waals surface area contributed by atoms with Gasteiger partial charge < -0.3 is 19.3 Å². The summed E-state index contributed by atoms with van der Waals surface area (Å²) in [5.74, 6) is 2.25. The van der Waals surface area contributed by atoms with Crippen molar-refractivity contribution in [3.8, 4) is 11.8 Å². The zero-order chi connectivity index (χ0) is 27.4. The molecule has 0 aliphatic carbocycles. The maximum Gasteiger partial charge on any atom is 0.254 e. The third kappa shape index (κ3) is 6.13. The number of hydrogen-bond acceptors (Lipinski definition) is 9. The van der Waals surface area contributed by atoms with E-state index in [0.29, 0.717) is 25.5 Å². The summed E-state index contributed by atoms with van der Waals surface area (Å²) in [6.45, 7) is 8.55. The van der Waals surface area contributed by atoms with Crippen LogP contribution >= 0.6 is 0 Å². The monoisotopic (exact) mass is 532 g/mol. The van der Waals surface area contributed by atoms with Crippen molar-refractivity contribution in [3.63, 3.8) is 0 Å². The van der Waals surface area contributed by atoms with Crippen LogP contribution in [0.3, 0.4) is 0 Å². The van der Waals surface area contributed by atoms with Crippen molar-refractivity contribution in [1.29, 1.82) is 5.26 Å². The highest BCUT2D eigenvalue weighted by Crippen LogP contribution is 2.31. The number of amides is 1. The number of rotatable bonds is 9. The lowest BCUT2D eigenvalue weighted by atomic mass is 9.98. The van der Waals surface area contributed by atoms with Crippen LogP contribution in [-0.2, 0) is 22.5 Å². The number of benzene rings is 1. The molecule has 0 bridgehead atoms. The Morgan fingerprint density at radius 3 is 2.95 bits per heavy atom. The van der Waals surface area contributed by atoms with E-state index in [-0.39, 0.29) is 30.7 Å². The van der Waals surface area contributed by atoms with Crippen LogP contribution in [0.2, 0.25) is 0 Å². The minimum atomic E-state index is -0.618. The summed E-state index contributed by atoms with van der Waals surface area (Å²) in [7, 11) is 0. The average molecular weight is 533 g/mol. The lowest BCUT2D eigenvalue weighted by Crippen LogP contribution is -2.49. The third-order valence-electron chi connectivity index (χ3n) is 7.23. The minimum Gasteiger partial charge on any atom is -0.491 e. The molecule has 2 atom stereocenters. The van der Waals surface area contributed by atoms with Crippen molar-refractivity contribution < 1.29 is 14.3 Å². The Morgan fingerprint density at radius 2 is 2.13 bits per heavy atom. The molecular weight excluding hydrogens is 496 g/mol. The van der Waals surface area contributed by atoms with Gasteiger partial charge in [-0.15, -0.1) is 0 Å². The molecular formula is C28H36N8O3. The molecule has 1 saturated heterocycles. The van der Waals surface area contributed by atoms with Gasteiger partial charge in [-0.1, -0.05) is 12.1 Å². The maximum absolute atomic E-state index is 13.4. The Balaban J connectivity index is 1.26. The van der Waals surface area contributed by atoms with E-state index in [9.17, 15) is 10.1 Å². The molecule has 11 nitrogen and oxygen atoms in total. The average Bonchev–Trinajstić information content (AvgIpc) is 3.59. The predicted molar refractivity (Wildman–Crippen MR) is 145 cm³/mol. The van der Waals surface area contributed by atoms with Gasteiger partial charge in [0.25, 0.3) is 5.78 Å². The number of hydrogen-bond donors (Lipinski definition) is 1. The highest BCUT2D eigenvalue weighted by Gasteiger charge is 2.31. The van der Waals surface area contributed by atoms with Gasteiger partial charge in [0.2, 0.25) is 5.91 Å². The van der Waals surface area contributed by atoms with Gasteiger partial charge in [0, 0.05) is 31.4 Å². The molecule has 4 heterocycles. The predicted octanol–water partition coefficient (Wildman–Crippen LogP) is 2.70. The summed E-state index contributed by atoms with van der Waals surface area (Å²) in [5.41, 5.74) is 1.89. The van der Waals surface area contributed by atoms with Crippen molar-refractivity contribution >= 4 is 17.5 Å². The topological polar surface area (TPSA) is 121 Å². The molecule has 0 saturated carbocycles. The van der Waals surface area contributed by atoms with Gasteiger partial charge in [0.05, 0.1) is 30.9 Å². The van der Waals surface area contributed by atoms with Gasteiger partial charge in [-0.3, -0.25) is 10.1 Å². The van der Waals surface area contributed by atoms with Crippen LogP contribution in [-0.4, -0.2) is 74.5 Å². The highest BCUT2D eigenvalue weighted by atomic mass is 16.5. The molecule has 11 heteroatoms. The molecule has 206 valence electrons. The lowest BCUT2D eigenvalue weighted by Gasteiger charge is -2.33. The number of nitrogens with zero attached hydrogens (tertiary/aromatic N) is 7. The van der Waals surface area contributed by atoms with Crippen LogP contribution in [0.25, 0.3) is 5.78 Å². The first-order valence-electron chi connectivity index (χ1n) is 13.5. The first kappa shape index (κ1) is 26.8. The van der Waals surface area contributed by atoms with Crippen LogP contribution in [0.4, 0.5) is 5.82 Å². The summed E-state index contributed by atoms with van der Waals surface area (Å²) in [6, 6.07) is 9.77. The molecule has 2 aromatic heterocycles. The lowest BCUT2D eigenvalue weighted by molar-refractivity contribution is -0.135. The molecule has 2 aliphatic rings. The largest absolute Gasteiger partial charge is 0.491 e. The maximum atomic E-state index is 13.4. The quantitative estimate of drug-likeness (QED) is 0.415. The molecule has 1 fully saturated rings. The van der Waals surface area contributed by atoms with Crippen molar-refractivity contribution in [1.82, 2.24) is 29.8 Å². The second-order valence-electron chi connectivity index (χ2n) is 11.0. The van der Waals surface area contributed by atoms with Gasteiger partial charge in [-0.2, -0.15) is 19.9 Å². The molecule has 3 aromatic rings. The summed E-state index contributed by atoms with van der Waals surface area (Å²) < 4.78 is 13.9. The Labute approximate surface area is 228 Å². The van der Waals surface area contributed by atoms with E-state index in [0.717, 1.165) is 42.9 Å². The van der Waals surface area contributed by atoms with Crippen LogP contribution in [0, 0.1) is 11.3 Å². The Morgan fingerprint density at radius 1 is 1.26 bits per heavy atom. The van der Waals surface area contributed by atoms with Crippen LogP contribution in [0.1, 0.15) is 51.2 Å². The third-order valence-corrected chi connectivity index (χ3v) is 7.23. The van der Waals surface area contributed by atoms with Crippen molar-refractivity contribution in [3.05, 3.63) is 47.9 Å². The first-order valence-corrected chi connectivity index (χ1v) is 13.5. The second kappa shape index (κ2) is 11.6. The molecule has 1 aromatic carbocycles. The standard InChI is InChI=1S/C28H36N8O3/c1-28(2,3)39-19-32-23(9-12-29)26(37)34-15-11-20-6-4-8-24(22(20)16-34)38-17-21-7-5-14-35(21)25-10-13-30-27-31-18-33-36(25)27/h4,6,8,10,13,18,21,23,32H,5,7,9,11,14-17,19H2,1-3H3.